The minimum absolute atomic E-state index is 0.215. The van der Waals surface area contributed by atoms with Crippen molar-refractivity contribution in [2.24, 2.45) is 0 Å². The molecule has 1 heterocycles. The van der Waals surface area contributed by atoms with Gasteiger partial charge in [-0.1, -0.05) is 0 Å². The van der Waals surface area contributed by atoms with Gasteiger partial charge in [-0.05, 0) is 18.2 Å². The largest absolute Gasteiger partial charge is 0.536 e. The number of alkyl halides is 8. The fraction of sp³-hybridized carbons (Fsp3) is 0.417. The molecule has 0 saturated carbocycles. The molecule has 1 aromatic carbocycles. The number of carbonyl (C=O) groups is 1. The summed E-state index contributed by atoms with van der Waals surface area (Å²) in [5.74, 6) is -2.18. The summed E-state index contributed by atoms with van der Waals surface area (Å²) in [6.45, 7) is 0.946. The molecule has 1 aliphatic rings. The molecule has 0 atom stereocenters. The zero-order chi connectivity index (χ0) is 18.6. The lowest BCUT2D eigenvalue weighted by Gasteiger charge is -2.42. The second kappa shape index (κ2) is 5.19. The van der Waals surface area contributed by atoms with Crippen LogP contribution in [0.15, 0.2) is 18.2 Å². The van der Waals surface area contributed by atoms with E-state index in [2.05, 4.69) is 9.47 Å². The van der Waals surface area contributed by atoms with Gasteiger partial charge in [0, 0.05) is 18.2 Å². The van der Waals surface area contributed by atoms with E-state index in [9.17, 15) is 39.9 Å². The van der Waals surface area contributed by atoms with Gasteiger partial charge in [-0.25, -0.2) is 0 Å². The van der Waals surface area contributed by atoms with Gasteiger partial charge in [0.2, 0.25) is 5.91 Å². The lowest BCUT2D eigenvalue weighted by molar-refractivity contribution is -0.495. The first-order valence-electron chi connectivity index (χ1n) is 6.02. The summed E-state index contributed by atoms with van der Waals surface area (Å²) in [7, 11) is 0. The van der Waals surface area contributed by atoms with Gasteiger partial charge in [0.25, 0.3) is 5.60 Å². The SMILES string of the molecule is CC(=O)Nc1ccc2c(c1)C(C(F)(F)F)(C(F)(F)F)OC(F)(F)O2. The number of hydrogen-bond donors (Lipinski definition) is 1. The Balaban J connectivity index is 2.79. The topological polar surface area (TPSA) is 47.6 Å². The quantitative estimate of drug-likeness (QED) is 0.768. The molecule has 2 rings (SSSR count). The van der Waals surface area contributed by atoms with E-state index in [1.807, 2.05) is 5.32 Å². The van der Waals surface area contributed by atoms with Gasteiger partial charge in [-0.15, -0.1) is 8.78 Å². The van der Waals surface area contributed by atoms with Gasteiger partial charge in [0.15, 0.2) is 0 Å². The minimum Gasteiger partial charge on any atom is -0.409 e. The number of anilines is 1. The summed E-state index contributed by atoms with van der Waals surface area (Å²) in [6, 6.07) is 1.47. The summed E-state index contributed by atoms with van der Waals surface area (Å²) < 4.78 is 112. The Kier molecular flexibility index (Phi) is 3.95. The van der Waals surface area contributed by atoms with Crippen LogP contribution in [0.3, 0.4) is 0 Å². The van der Waals surface area contributed by atoms with Crippen LogP contribution in [0.2, 0.25) is 0 Å². The first-order valence-corrected chi connectivity index (χ1v) is 6.02. The number of benzene rings is 1. The molecule has 0 spiro atoms. The highest BCUT2D eigenvalue weighted by molar-refractivity contribution is 5.88. The molecule has 1 aromatic rings. The molecule has 1 aliphatic heterocycles. The number of halogens is 8. The van der Waals surface area contributed by atoms with E-state index in [0.717, 1.165) is 13.0 Å². The number of fused-ring (bicyclic) bond motifs is 1. The van der Waals surface area contributed by atoms with Gasteiger partial charge in [0.1, 0.15) is 5.75 Å². The van der Waals surface area contributed by atoms with Crippen LogP contribution in [0.4, 0.5) is 40.8 Å². The third-order valence-corrected chi connectivity index (χ3v) is 2.98. The van der Waals surface area contributed by atoms with Crippen molar-refractivity contribution in [2.45, 2.75) is 31.2 Å². The molecule has 0 radical (unpaired) electrons. The molecule has 12 heteroatoms. The molecule has 24 heavy (non-hydrogen) atoms. The van der Waals surface area contributed by atoms with E-state index in [1.54, 1.807) is 0 Å². The highest BCUT2D eigenvalue weighted by atomic mass is 19.4. The molecule has 0 fully saturated rings. The standard InChI is InChI=1S/C12H7F8NO3/c1-5(22)21-6-2-3-8-7(4-6)9(10(13,14)15,11(16,17)18)24-12(19,20)23-8/h2-4H,1H3,(H,21,22). The van der Waals surface area contributed by atoms with Crippen molar-refractivity contribution in [2.75, 3.05) is 5.32 Å². The van der Waals surface area contributed by atoms with E-state index in [0.29, 0.717) is 6.07 Å². The highest BCUT2D eigenvalue weighted by Gasteiger charge is 2.79. The molecule has 134 valence electrons. The van der Waals surface area contributed by atoms with Crippen LogP contribution in [-0.2, 0) is 15.1 Å². The van der Waals surface area contributed by atoms with Crippen molar-refractivity contribution in [1.82, 2.24) is 0 Å². The number of carbonyl (C=O) groups excluding carboxylic acids is 1. The molecule has 1 N–H and O–H groups in total. The van der Waals surface area contributed by atoms with Crippen molar-refractivity contribution in [3.8, 4) is 5.75 Å². The second-order valence-electron chi connectivity index (χ2n) is 4.74. The van der Waals surface area contributed by atoms with E-state index in [-0.39, 0.29) is 6.07 Å². The van der Waals surface area contributed by atoms with Crippen LogP contribution < -0.4 is 10.1 Å². The Labute approximate surface area is 128 Å². The van der Waals surface area contributed by atoms with Crippen LogP contribution in [0.1, 0.15) is 12.5 Å². The Hall–Kier alpha value is -2.11. The summed E-state index contributed by atoms with van der Waals surface area (Å²) in [4.78, 5) is 10.9. The lowest BCUT2D eigenvalue weighted by Crippen LogP contribution is -2.61. The van der Waals surface area contributed by atoms with Gasteiger partial charge in [0.05, 0.1) is 0 Å². The van der Waals surface area contributed by atoms with Gasteiger partial charge in [-0.2, -0.15) is 26.3 Å². The second-order valence-corrected chi connectivity index (χ2v) is 4.74. The van der Waals surface area contributed by atoms with Crippen LogP contribution in [0.25, 0.3) is 0 Å². The maximum atomic E-state index is 13.2. The average Bonchev–Trinajstić information content (AvgIpc) is 2.34. The van der Waals surface area contributed by atoms with E-state index in [1.165, 1.54) is 0 Å². The first kappa shape index (κ1) is 18.2. The van der Waals surface area contributed by atoms with Crippen molar-refractivity contribution in [1.29, 1.82) is 0 Å². The number of hydrogen-bond acceptors (Lipinski definition) is 3. The Morgan fingerprint density at radius 1 is 1.08 bits per heavy atom. The van der Waals surface area contributed by atoms with E-state index < -0.39 is 47.2 Å². The Morgan fingerprint density at radius 3 is 2.08 bits per heavy atom. The monoisotopic (exact) mass is 365 g/mol. The fourth-order valence-electron chi connectivity index (χ4n) is 2.14. The predicted octanol–water partition coefficient (Wildman–Crippen LogP) is 3.92. The maximum absolute atomic E-state index is 13.2. The minimum atomic E-state index is -6.29. The van der Waals surface area contributed by atoms with Crippen LogP contribution >= 0.6 is 0 Å². The summed E-state index contributed by atoms with van der Waals surface area (Å²) in [5, 5.41) is 1.94. The third-order valence-electron chi connectivity index (χ3n) is 2.98. The molecule has 0 aromatic heterocycles. The molecule has 0 unspecified atom stereocenters. The van der Waals surface area contributed by atoms with E-state index in [4.69, 9.17) is 0 Å². The smallest absolute Gasteiger partial charge is 0.409 e. The Morgan fingerprint density at radius 2 is 1.62 bits per heavy atom. The highest BCUT2D eigenvalue weighted by Crippen LogP contribution is 2.59. The molecular formula is C12H7F8NO3. The number of ether oxygens (including phenoxy) is 2. The summed E-state index contributed by atoms with van der Waals surface area (Å²) in [5.41, 5.74) is -7.57. The normalized spacial score (nSPS) is 19.2. The Bertz CT molecular complexity index is 653. The summed E-state index contributed by atoms with van der Waals surface area (Å²) >= 11 is 0. The van der Waals surface area contributed by atoms with Gasteiger partial charge >= 0.3 is 18.6 Å². The van der Waals surface area contributed by atoms with Gasteiger partial charge < -0.3 is 10.1 Å². The molecule has 4 nitrogen and oxygen atoms in total. The van der Waals surface area contributed by atoms with Crippen LogP contribution in [-0.4, -0.2) is 24.6 Å². The zero-order valence-corrected chi connectivity index (χ0v) is 11.5. The average molecular weight is 365 g/mol. The van der Waals surface area contributed by atoms with Crippen molar-refractivity contribution >= 4 is 11.6 Å². The summed E-state index contributed by atoms with van der Waals surface area (Å²) in [6.07, 6.45) is -17.8. The molecule has 0 saturated heterocycles. The zero-order valence-electron chi connectivity index (χ0n) is 11.5. The molecular weight excluding hydrogens is 358 g/mol. The molecule has 0 aliphatic carbocycles. The maximum Gasteiger partial charge on any atom is 0.536 e. The van der Waals surface area contributed by atoms with Crippen molar-refractivity contribution < 1.29 is 49.4 Å². The number of nitrogens with one attached hydrogen (secondary N) is 1. The van der Waals surface area contributed by atoms with Gasteiger partial charge in [-0.3, -0.25) is 9.53 Å². The molecule has 0 bridgehead atoms. The molecule has 1 amide bonds. The van der Waals surface area contributed by atoms with Crippen molar-refractivity contribution in [3.63, 3.8) is 0 Å². The third kappa shape index (κ3) is 2.85. The first-order chi connectivity index (χ1) is 10.7. The number of amides is 1. The predicted molar refractivity (Wildman–Crippen MR) is 61.2 cm³/mol. The van der Waals surface area contributed by atoms with Crippen LogP contribution in [0, 0.1) is 0 Å². The number of rotatable bonds is 1. The van der Waals surface area contributed by atoms with Crippen LogP contribution in [0.5, 0.6) is 5.75 Å². The van der Waals surface area contributed by atoms with E-state index >= 15 is 0 Å². The lowest BCUT2D eigenvalue weighted by atomic mass is 9.89. The fourth-order valence-corrected chi connectivity index (χ4v) is 2.14. The van der Waals surface area contributed by atoms with Crippen molar-refractivity contribution in [3.05, 3.63) is 23.8 Å².